The second-order valence-electron chi connectivity index (χ2n) is 2.37. The van der Waals surface area contributed by atoms with Crippen LogP contribution in [0, 0.1) is 0 Å². The zero-order chi connectivity index (χ0) is 9.78. The van der Waals surface area contributed by atoms with E-state index in [0.29, 0.717) is 0 Å². The zero-order valence-corrected chi connectivity index (χ0v) is 7.47. The minimum absolute atomic E-state index is 0.126. The number of amides is 1. The normalized spacial score (nSPS) is 13.9. The minimum atomic E-state index is -4.00. The number of nitrogens with one attached hydrogen (secondary N) is 1. The summed E-state index contributed by atoms with van der Waals surface area (Å²) in [5, 5.41) is 2.24. The molecule has 0 saturated heterocycles. The average molecular weight is 196 g/mol. The van der Waals surface area contributed by atoms with Crippen LogP contribution < -0.4 is 11.1 Å². The van der Waals surface area contributed by atoms with Gasteiger partial charge in [0, 0.05) is 6.54 Å². The van der Waals surface area contributed by atoms with Crippen molar-refractivity contribution >= 4 is 16.0 Å². The fourth-order valence-corrected chi connectivity index (χ4v) is 0.824. The number of nitrogens with two attached hydrogens (primary N) is 1. The molecule has 72 valence electrons. The monoisotopic (exact) mass is 196 g/mol. The second-order valence-corrected chi connectivity index (χ2v) is 3.94. The Morgan fingerprint density at radius 3 is 2.50 bits per heavy atom. The van der Waals surface area contributed by atoms with Crippen molar-refractivity contribution in [3.63, 3.8) is 0 Å². The van der Waals surface area contributed by atoms with Crippen LogP contribution in [0.5, 0.6) is 0 Å². The SMILES string of the molecule is C[C@H](N)C(=O)NCCS(=O)(=O)O. The molecule has 0 bridgehead atoms. The molecule has 12 heavy (non-hydrogen) atoms. The lowest BCUT2D eigenvalue weighted by Crippen LogP contribution is -2.40. The van der Waals surface area contributed by atoms with Gasteiger partial charge in [-0.3, -0.25) is 9.35 Å². The van der Waals surface area contributed by atoms with Crippen LogP contribution in [0.1, 0.15) is 6.92 Å². The van der Waals surface area contributed by atoms with E-state index in [-0.39, 0.29) is 6.54 Å². The van der Waals surface area contributed by atoms with E-state index in [4.69, 9.17) is 10.3 Å². The van der Waals surface area contributed by atoms with Gasteiger partial charge < -0.3 is 11.1 Å². The Morgan fingerprint density at radius 2 is 2.17 bits per heavy atom. The lowest BCUT2D eigenvalue weighted by molar-refractivity contribution is -0.121. The first kappa shape index (κ1) is 11.3. The molecule has 0 aliphatic carbocycles. The number of carbonyl (C=O) groups excluding carboxylic acids is 1. The summed E-state index contributed by atoms with van der Waals surface area (Å²) < 4.78 is 28.6. The summed E-state index contributed by atoms with van der Waals surface area (Å²) in [5.41, 5.74) is 5.16. The van der Waals surface area contributed by atoms with Gasteiger partial charge in [-0.1, -0.05) is 0 Å². The van der Waals surface area contributed by atoms with Gasteiger partial charge in [-0.15, -0.1) is 0 Å². The van der Waals surface area contributed by atoms with Crippen molar-refractivity contribution in [2.24, 2.45) is 5.73 Å². The summed E-state index contributed by atoms with van der Waals surface area (Å²) >= 11 is 0. The van der Waals surface area contributed by atoms with E-state index >= 15 is 0 Å². The smallest absolute Gasteiger partial charge is 0.266 e. The number of rotatable bonds is 4. The average Bonchev–Trinajstić information content (AvgIpc) is 1.84. The van der Waals surface area contributed by atoms with Crippen molar-refractivity contribution in [1.29, 1.82) is 0 Å². The predicted molar refractivity (Wildman–Crippen MR) is 43.1 cm³/mol. The lowest BCUT2D eigenvalue weighted by atomic mass is 10.3. The standard InChI is InChI=1S/C5H12N2O4S/c1-4(6)5(8)7-2-3-12(9,10)11/h4H,2-3,6H2,1H3,(H,7,8)(H,9,10,11)/t4-/m0/s1. The van der Waals surface area contributed by atoms with Crippen molar-refractivity contribution in [3.8, 4) is 0 Å². The van der Waals surface area contributed by atoms with Crippen LogP contribution in [0.3, 0.4) is 0 Å². The molecule has 0 fully saturated rings. The van der Waals surface area contributed by atoms with Crippen LogP contribution in [0.2, 0.25) is 0 Å². The quantitative estimate of drug-likeness (QED) is 0.466. The zero-order valence-electron chi connectivity index (χ0n) is 6.65. The van der Waals surface area contributed by atoms with Crippen molar-refractivity contribution in [2.45, 2.75) is 13.0 Å². The molecule has 0 unspecified atom stereocenters. The molecule has 0 saturated carbocycles. The maximum Gasteiger partial charge on any atom is 0.266 e. The first-order valence-corrected chi connectivity index (χ1v) is 4.92. The van der Waals surface area contributed by atoms with E-state index in [9.17, 15) is 13.2 Å². The van der Waals surface area contributed by atoms with Crippen LogP contribution in [-0.2, 0) is 14.9 Å². The molecule has 0 aromatic carbocycles. The summed E-state index contributed by atoms with van der Waals surface area (Å²) in [5.74, 6) is -0.940. The third-order valence-corrected chi connectivity index (χ3v) is 1.79. The fraction of sp³-hybridized carbons (Fsp3) is 0.800. The topological polar surface area (TPSA) is 109 Å². The molecule has 4 N–H and O–H groups in total. The van der Waals surface area contributed by atoms with Crippen LogP contribution in [-0.4, -0.2) is 37.2 Å². The van der Waals surface area contributed by atoms with E-state index < -0.39 is 27.8 Å². The minimum Gasteiger partial charge on any atom is -0.354 e. The van der Waals surface area contributed by atoms with Gasteiger partial charge in [0.1, 0.15) is 0 Å². The lowest BCUT2D eigenvalue weighted by Gasteiger charge is -2.05. The van der Waals surface area contributed by atoms with E-state index in [1.54, 1.807) is 0 Å². The Balaban J connectivity index is 3.66. The molecule has 0 aromatic rings. The summed E-state index contributed by atoms with van der Waals surface area (Å²) in [6, 6.07) is -0.675. The van der Waals surface area contributed by atoms with Crippen LogP contribution in [0.25, 0.3) is 0 Å². The highest BCUT2D eigenvalue weighted by Crippen LogP contribution is 1.80. The van der Waals surface area contributed by atoms with Gasteiger partial charge >= 0.3 is 0 Å². The third-order valence-electron chi connectivity index (χ3n) is 1.07. The Morgan fingerprint density at radius 1 is 1.67 bits per heavy atom. The molecule has 0 heterocycles. The van der Waals surface area contributed by atoms with Gasteiger partial charge in [0.25, 0.3) is 10.1 Å². The van der Waals surface area contributed by atoms with Crippen LogP contribution in [0.4, 0.5) is 0 Å². The number of hydrogen-bond donors (Lipinski definition) is 3. The largest absolute Gasteiger partial charge is 0.354 e. The molecule has 0 spiro atoms. The number of carbonyl (C=O) groups is 1. The van der Waals surface area contributed by atoms with Crippen molar-refractivity contribution < 1.29 is 17.8 Å². The Labute approximate surface area is 70.9 Å². The fourth-order valence-electron chi connectivity index (χ4n) is 0.464. The summed E-state index contributed by atoms with van der Waals surface area (Å²) in [4.78, 5) is 10.7. The maximum absolute atomic E-state index is 10.7. The first-order chi connectivity index (χ1) is 5.33. The van der Waals surface area contributed by atoms with Gasteiger partial charge in [-0.25, -0.2) is 0 Å². The molecule has 0 aromatic heterocycles. The van der Waals surface area contributed by atoms with Gasteiger partial charge in [-0.2, -0.15) is 8.42 Å². The first-order valence-electron chi connectivity index (χ1n) is 3.31. The summed E-state index contributed by atoms with van der Waals surface area (Å²) in [6.07, 6.45) is 0. The molecule has 0 aliphatic heterocycles. The van der Waals surface area contributed by atoms with Crippen LogP contribution >= 0.6 is 0 Å². The highest BCUT2D eigenvalue weighted by molar-refractivity contribution is 7.85. The van der Waals surface area contributed by atoms with E-state index in [2.05, 4.69) is 5.32 Å². The van der Waals surface area contributed by atoms with Gasteiger partial charge in [-0.05, 0) is 6.92 Å². The molecule has 6 nitrogen and oxygen atoms in total. The van der Waals surface area contributed by atoms with Gasteiger partial charge in [0.05, 0.1) is 11.8 Å². The molecular weight excluding hydrogens is 184 g/mol. The molecule has 7 heteroatoms. The molecule has 1 amide bonds. The van der Waals surface area contributed by atoms with Crippen molar-refractivity contribution in [1.82, 2.24) is 5.32 Å². The Kier molecular flexibility index (Phi) is 4.15. The van der Waals surface area contributed by atoms with E-state index in [1.165, 1.54) is 6.92 Å². The van der Waals surface area contributed by atoms with Gasteiger partial charge in [0.15, 0.2) is 0 Å². The highest BCUT2D eigenvalue weighted by Gasteiger charge is 2.08. The predicted octanol–water partition coefficient (Wildman–Crippen LogP) is -1.66. The van der Waals surface area contributed by atoms with Crippen LogP contribution in [0.15, 0.2) is 0 Å². The number of hydrogen-bond acceptors (Lipinski definition) is 4. The third kappa shape index (κ3) is 6.08. The van der Waals surface area contributed by atoms with E-state index in [0.717, 1.165) is 0 Å². The maximum atomic E-state index is 10.7. The molecule has 1 atom stereocenters. The molecule has 0 radical (unpaired) electrons. The summed E-state index contributed by atoms with van der Waals surface area (Å²) in [7, 11) is -4.00. The van der Waals surface area contributed by atoms with E-state index in [1.807, 2.05) is 0 Å². The Bertz CT molecular complexity index is 246. The molecule has 0 rings (SSSR count). The molecule has 0 aliphatic rings. The summed E-state index contributed by atoms with van der Waals surface area (Å²) in [6.45, 7) is 1.35. The van der Waals surface area contributed by atoms with Gasteiger partial charge in [0.2, 0.25) is 5.91 Å². The molecular formula is C5H12N2O4S. The Hall–Kier alpha value is -0.660. The second kappa shape index (κ2) is 4.39. The van der Waals surface area contributed by atoms with Crippen molar-refractivity contribution in [2.75, 3.05) is 12.3 Å². The van der Waals surface area contributed by atoms with Crippen molar-refractivity contribution in [3.05, 3.63) is 0 Å². The highest BCUT2D eigenvalue weighted by atomic mass is 32.2.